The van der Waals surface area contributed by atoms with Crippen LogP contribution in [0.5, 0.6) is 0 Å². The number of amides is 3. The molecule has 0 spiro atoms. The molecule has 2 aromatic rings. The molecule has 3 rings (SSSR count). The minimum atomic E-state index is -0.759. The Morgan fingerprint density at radius 1 is 1.21 bits per heavy atom. The van der Waals surface area contributed by atoms with E-state index < -0.39 is 6.04 Å². The highest BCUT2D eigenvalue weighted by Crippen LogP contribution is 2.24. The standard InChI is InChI=1S/C15H16N6O3/c1-8-16-15-19-13(23)7-12(21(15)20-8)14(24)18-11-5-3-10(4-6-11)17-9(2)22/h3-6,12H,7H2,1-2H3,(H,17,22)(H,18,24)(H,16,19,20,23)/t12-/m1/s1. The summed E-state index contributed by atoms with van der Waals surface area (Å²) >= 11 is 0. The van der Waals surface area contributed by atoms with Crippen molar-refractivity contribution in [3.8, 4) is 0 Å². The van der Waals surface area contributed by atoms with Crippen molar-refractivity contribution in [1.29, 1.82) is 0 Å². The number of aromatic nitrogens is 3. The van der Waals surface area contributed by atoms with Crippen molar-refractivity contribution in [1.82, 2.24) is 14.8 Å². The Bertz CT molecular complexity index is 811. The van der Waals surface area contributed by atoms with Crippen LogP contribution < -0.4 is 16.0 Å². The van der Waals surface area contributed by atoms with Gasteiger partial charge in [0.2, 0.25) is 23.7 Å². The molecule has 3 N–H and O–H groups in total. The average molecular weight is 328 g/mol. The zero-order valence-corrected chi connectivity index (χ0v) is 13.2. The van der Waals surface area contributed by atoms with Gasteiger partial charge in [-0.25, -0.2) is 4.68 Å². The average Bonchev–Trinajstić information content (AvgIpc) is 2.87. The van der Waals surface area contributed by atoms with E-state index in [0.717, 1.165) is 0 Å². The van der Waals surface area contributed by atoms with E-state index in [1.807, 2.05) is 0 Å². The number of carbonyl (C=O) groups excluding carboxylic acids is 3. The van der Waals surface area contributed by atoms with Crippen LogP contribution in [-0.4, -0.2) is 32.5 Å². The second-order valence-electron chi connectivity index (χ2n) is 5.44. The first-order valence-corrected chi connectivity index (χ1v) is 7.34. The van der Waals surface area contributed by atoms with Gasteiger partial charge in [0.15, 0.2) is 0 Å². The van der Waals surface area contributed by atoms with Crippen LogP contribution >= 0.6 is 0 Å². The summed E-state index contributed by atoms with van der Waals surface area (Å²) in [4.78, 5) is 39.3. The quantitative estimate of drug-likeness (QED) is 0.779. The zero-order valence-electron chi connectivity index (χ0n) is 13.2. The maximum atomic E-state index is 12.5. The van der Waals surface area contributed by atoms with Gasteiger partial charge in [0.1, 0.15) is 11.9 Å². The summed E-state index contributed by atoms with van der Waals surface area (Å²) in [5, 5.41) is 12.1. The number of benzene rings is 1. The van der Waals surface area contributed by atoms with Crippen LogP contribution in [0.15, 0.2) is 24.3 Å². The molecule has 3 amide bonds. The van der Waals surface area contributed by atoms with Crippen molar-refractivity contribution in [3.63, 3.8) is 0 Å². The number of carbonyl (C=O) groups is 3. The monoisotopic (exact) mass is 328 g/mol. The largest absolute Gasteiger partial charge is 0.326 e. The van der Waals surface area contributed by atoms with E-state index in [2.05, 4.69) is 26.0 Å². The lowest BCUT2D eigenvalue weighted by Crippen LogP contribution is -2.36. The Morgan fingerprint density at radius 3 is 2.46 bits per heavy atom. The van der Waals surface area contributed by atoms with Gasteiger partial charge in [0, 0.05) is 18.3 Å². The van der Waals surface area contributed by atoms with Crippen LogP contribution in [0.1, 0.15) is 25.2 Å². The smallest absolute Gasteiger partial charge is 0.249 e. The molecule has 1 aromatic heterocycles. The predicted molar refractivity (Wildman–Crippen MR) is 86.4 cm³/mol. The SMILES string of the molecule is CC(=O)Nc1ccc(NC(=O)[C@H]2CC(=O)Nc3nc(C)nn32)cc1. The molecular formula is C15H16N6O3. The van der Waals surface area contributed by atoms with E-state index in [1.165, 1.54) is 11.6 Å². The molecule has 0 aliphatic carbocycles. The first kappa shape index (κ1) is 15.7. The molecule has 2 heterocycles. The molecule has 9 heteroatoms. The normalized spacial score (nSPS) is 16.1. The number of aryl methyl sites for hydroxylation is 1. The fraction of sp³-hybridized carbons (Fsp3) is 0.267. The summed E-state index contributed by atoms with van der Waals surface area (Å²) in [7, 11) is 0. The molecule has 0 fully saturated rings. The molecule has 0 saturated carbocycles. The van der Waals surface area contributed by atoms with Gasteiger partial charge in [-0.05, 0) is 31.2 Å². The van der Waals surface area contributed by atoms with Gasteiger partial charge in [0.05, 0.1) is 6.42 Å². The second-order valence-corrected chi connectivity index (χ2v) is 5.44. The highest BCUT2D eigenvalue weighted by Gasteiger charge is 2.32. The van der Waals surface area contributed by atoms with Crippen molar-refractivity contribution in [2.24, 2.45) is 0 Å². The lowest BCUT2D eigenvalue weighted by atomic mass is 10.1. The number of nitrogens with zero attached hydrogens (tertiary/aromatic N) is 3. The number of anilines is 3. The van der Waals surface area contributed by atoms with Crippen LogP contribution in [0.25, 0.3) is 0 Å². The Labute approximate surface area is 137 Å². The second kappa shape index (κ2) is 6.11. The fourth-order valence-corrected chi connectivity index (χ4v) is 2.44. The minimum Gasteiger partial charge on any atom is -0.326 e. The molecule has 9 nitrogen and oxygen atoms in total. The first-order chi connectivity index (χ1) is 11.4. The minimum absolute atomic E-state index is 0.00832. The third-order valence-electron chi connectivity index (χ3n) is 3.44. The topological polar surface area (TPSA) is 118 Å². The van der Waals surface area contributed by atoms with E-state index in [-0.39, 0.29) is 30.1 Å². The van der Waals surface area contributed by atoms with Crippen LogP contribution in [-0.2, 0) is 14.4 Å². The molecular weight excluding hydrogens is 312 g/mol. The van der Waals surface area contributed by atoms with Gasteiger partial charge in [-0.2, -0.15) is 10.1 Å². The molecule has 0 unspecified atom stereocenters. The third kappa shape index (κ3) is 3.24. The maximum Gasteiger partial charge on any atom is 0.249 e. The fourth-order valence-electron chi connectivity index (χ4n) is 2.44. The van der Waals surface area contributed by atoms with Crippen molar-refractivity contribution in [2.45, 2.75) is 26.3 Å². The Kier molecular flexibility index (Phi) is 3.98. The van der Waals surface area contributed by atoms with Crippen LogP contribution in [0, 0.1) is 6.92 Å². The molecule has 1 atom stereocenters. The van der Waals surface area contributed by atoms with E-state index in [0.29, 0.717) is 17.2 Å². The van der Waals surface area contributed by atoms with Crippen molar-refractivity contribution >= 4 is 35.0 Å². The van der Waals surface area contributed by atoms with Gasteiger partial charge >= 0.3 is 0 Å². The number of rotatable bonds is 3. The molecule has 1 aromatic carbocycles. The molecule has 1 aliphatic rings. The van der Waals surface area contributed by atoms with Gasteiger partial charge in [-0.15, -0.1) is 0 Å². The molecule has 0 bridgehead atoms. The van der Waals surface area contributed by atoms with Crippen LogP contribution in [0.4, 0.5) is 17.3 Å². The first-order valence-electron chi connectivity index (χ1n) is 7.34. The van der Waals surface area contributed by atoms with Gasteiger partial charge in [0.25, 0.3) is 0 Å². The molecule has 0 radical (unpaired) electrons. The summed E-state index contributed by atoms with van der Waals surface area (Å²) in [5.41, 5.74) is 1.19. The molecule has 0 saturated heterocycles. The summed E-state index contributed by atoms with van der Waals surface area (Å²) < 4.78 is 1.41. The predicted octanol–water partition coefficient (Wildman–Crippen LogP) is 1.07. The van der Waals surface area contributed by atoms with Gasteiger partial charge < -0.3 is 10.6 Å². The Morgan fingerprint density at radius 2 is 1.83 bits per heavy atom. The van der Waals surface area contributed by atoms with E-state index in [9.17, 15) is 14.4 Å². The highest BCUT2D eigenvalue weighted by atomic mass is 16.2. The number of hydrogen-bond donors (Lipinski definition) is 3. The van der Waals surface area contributed by atoms with Crippen molar-refractivity contribution in [3.05, 3.63) is 30.1 Å². The van der Waals surface area contributed by atoms with Crippen LogP contribution in [0.3, 0.4) is 0 Å². The van der Waals surface area contributed by atoms with E-state index in [1.54, 1.807) is 31.2 Å². The maximum absolute atomic E-state index is 12.5. The van der Waals surface area contributed by atoms with Gasteiger partial charge in [-0.1, -0.05) is 0 Å². The summed E-state index contributed by atoms with van der Waals surface area (Å²) in [6.07, 6.45) is -0.00832. The molecule has 1 aliphatic heterocycles. The highest BCUT2D eigenvalue weighted by molar-refractivity contribution is 6.00. The van der Waals surface area contributed by atoms with E-state index >= 15 is 0 Å². The van der Waals surface area contributed by atoms with Gasteiger partial charge in [-0.3, -0.25) is 19.7 Å². The third-order valence-corrected chi connectivity index (χ3v) is 3.44. The summed E-state index contributed by atoms with van der Waals surface area (Å²) in [5.74, 6) is -0.0667. The Hall–Kier alpha value is -3.23. The zero-order chi connectivity index (χ0) is 17.3. The summed E-state index contributed by atoms with van der Waals surface area (Å²) in [6.45, 7) is 3.11. The Balaban J connectivity index is 1.75. The summed E-state index contributed by atoms with van der Waals surface area (Å²) in [6, 6.07) is 5.93. The van der Waals surface area contributed by atoms with E-state index in [4.69, 9.17) is 0 Å². The van der Waals surface area contributed by atoms with Crippen molar-refractivity contribution < 1.29 is 14.4 Å². The number of fused-ring (bicyclic) bond motifs is 1. The lowest BCUT2D eigenvalue weighted by molar-refractivity contribution is -0.125. The lowest BCUT2D eigenvalue weighted by Gasteiger charge is -2.22. The van der Waals surface area contributed by atoms with Crippen molar-refractivity contribution in [2.75, 3.05) is 16.0 Å². The molecule has 124 valence electrons. The number of nitrogens with one attached hydrogen (secondary N) is 3. The van der Waals surface area contributed by atoms with Crippen LogP contribution in [0.2, 0.25) is 0 Å². The molecule has 24 heavy (non-hydrogen) atoms. The number of hydrogen-bond acceptors (Lipinski definition) is 5.